The molecule has 0 radical (unpaired) electrons. The van der Waals surface area contributed by atoms with Gasteiger partial charge in [0, 0.05) is 31.3 Å². The van der Waals surface area contributed by atoms with Crippen LogP contribution in [0.2, 0.25) is 0 Å². The fourth-order valence-electron chi connectivity index (χ4n) is 1.70. The van der Waals surface area contributed by atoms with Crippen LogP contribution >= 0.6 is 0 Å². The predicted molar refractivity (Wildman–Crippen MR) is 65.4 cm³/mol. The normalized spacial score (nSPS) is 17.1. The third-order valence-electron chi connectivity index (χ3n) is 2.77. The van der Waals surface area contributed by atoms with Crippen molar-refractivity contribution in [1.29, 1.82) is 0 Å². The Balaban J connectivity index is 2.65. The summed E-state index contributed by atoms with van der Waals surface area (Å²) in [6, 6.07) is 2.48. The quantitative estimate of drug-likeness (QED) is 0.802. The Hall–Kier alpha value is -0.870. The second-order valence-electron chi connectivity index (χ2n) is 4.81. The van der Waals surface area contributed by atoms with Crippen LogP contribution in [-0.2, 0) is 11.2 Å². The zero-order valence-corrected chi connectivity index (χ0v) is 10.7. The lowest BCUT2D eigenvalue weighted by Crippen LogP contribution is -2.43. The summed E-state index contributed by atoms with van der Waals surface area (Å²) in [7, 11) is 1.67. The molecular formula is C12H23N3O. The highest BCUT2D eigenvalue weighted by atomic mass is 16.5. The van der Waals surface area contributed by atoms with Crippen molar-refractivity contribution in [3.8, 4) is 0 Å². The number of nitrogens with two attached hydrogens (primary N) is 1. The molecule has 0 spiro atoms. The standard InChI is InChI=1S/C12H23N3O/c1-5-10(2)15-7-6-11(14-15)8-12(3,13)9-16-4/h6-7,10H,5,8-9,13H2,1-4H3. The molecule has 1 aromatic rings. The molecule has 0 aliphatic rings. The Labute approximate surface area is 97.8 Å². The molecular weight excluding hydrogens is 202 g/mol. The van der Waals surface area contributed by atoms with Crippen LogP contribution in [0.25, 0.3) is 0 Å². The van der Waals surface area contributed by atoms with E-state index in [1.807, 2.05) is 23.9 Å². The zero-order chi connectivity index (χ0) is 12.2. The summed E-state index contributed by atoms with van der Waals surface area (Å²) < 4.78 is 7.09. The number of rotatable bonds is 6. The number of hydrogen-bond acceptors (Lipinski definition) is 3. The summed E-state index contributed by atoms with van der Waals surface area (Å²) in [5.41, 5.74) is 6.79. The van der Waals surface area contributed by atoms with Gasteiger partial charge in [-0.05, 0) is 26.3 Å². The van der Waals surface area contributed by atoms with Gasteiger partial charge in [0.15, 0.2) is 0 Å². The average molecular weight is 225 g/mol. The molecule has 0 fully saturated rings. The molecule has 0 aliphatic heterocycles. The Morgan fingerprint density at radius 2 is 2.31 bits per heavy atom. The Kier molecular flexibility index (Phi) is 4.50. The molecule has 1 aromatic heterocycles. The SMILES string of the molecule is CCC(C)n1ccc(CC(C)(N)COC)n1. The number of hydrogen-bond donors (Lipinski definition) is 1. The first-order valence-electron chi connectivity index (χ1n) is 5.80. The maximum Gasteiger partial charge on any atom is 0.0643 e. The number of methoxy groups -OCH3 is 1. The Bertz CT molecular complexity index is 320. The molecule has 0 aliphatic carbocycles. The third kappa shape index (κ3) is 3.61. The van der Waals surface area contributed by atoms with Crippen molar-refractivity contribution >= 4 is 0 Å². The predicted octanol–water partition coefficient (Wildman–Crippen LogP) is 1.76. The van der Waals surface area contributed by atoms with Gasteiger partial charge in [-0.25, -0.2) is 0 Å². The lowest BCUT2D eigenvalue weighted by molar-refractivity contribution is 0.140. The molecule has 92 valence electrons. The average Bonchev–Trinajstić information content (AvgIpc) is 2.64. The summed E-state index contributed by atoms with van der Waals surface area (Å²) in [6.07, 6.45) is 3.84. The second kappa shape index (κ2) is 5.46. The summed E-state index contributed by atoms with van der Waals surface area (Å²) in [5.74, 6) is 0. The molecule has 1 heterocycles. The second-order valence-corrected chi connectivity index (χ2v) is 4.81. The fourth-order valence-corrected chi connectivity index (χ4v) is 1.70. The zero-order valence-electron chi connectivity index (χ0n) is 10.7. The van der Waals surface area contributed by atoms with Crippen molar-refractivity contribution in [1.82, 2.24) is 9.78 Å². The van der Waals surface area contributed by atoms with E-state index in [1.54, 1.807) is 7.11 Å². The Morgan fingerprint density at radius 1 is 1.62 bits per heavy atom. The third-order valence-corrected chi connectivity index (χ3v) is 2.77. The van der Waals surface area contributed by atoms with Crippen molar-refractivity contribution < 1.29 is 4.74 Å². The smallest absolute Gasteiger partial charge is 0.0643 e. The highest BCUT2D eigenvalue weighted by molar-refractivity contribution is 5.05. The summed E-state index contributed by atoms with van der Waals surface area (Å²) in [5, 5.41) is 4.53. The molecule has 2 unspecified atom stereocenters. The molecule has 4 heteroatoms. The van der Waals surface area contributed by atoms with Gasteiger partial charge in [-0.3, -0.25) is 4.68 Å². The van der Waals surface area contributed by atoms with Crippen molar-refractivity contribution in [3.05, 3.63) is 18.0 Å². The maximum atomic E-state index is 6.10. The molecule has 0 bridgehead atoms. The molecule has 0 saturated carbocycles. The van der Waals surface area contributed by atoms with Crippen molar-refractivity contribution in [2.75, 3.05) is 13.7 Å². The maximum absolute atomic E-state index is 6.10. The lowest BCUT2D eigenvalue weighted by Gasteiger charge is -2.22. The van der Waals surface area contributed by atoms with Gasteiger partial charge in [0.1, 0.15) is 0 Å². The van der Waals surface area contributed by atoms with Crippen LogP contribution in [0.3, 0.4) is 0 Å². The molecule has 0 aromatic carbocycles. The Morgan fingerprint density at radius 3 is 2.88 bits per heavy atom. The van der Waals surface area contributed by atoms with Crippen molar-refractivity contribution in [2.45, 2.75) is 45.2 Å². The molecule has 0 saturated heterocycles. The minimum Gasteiger partial charge on any atom is -0.383 e. The van der Waals surface area contributed by atoms with Crippen LogP contribution in [0.1, 0.15) is 38.9 Å². The van der Waals surface area contributed by atoms with E-state index in [-0.39, 0.29) is 5.54 Å². The van der Waals surface area contributed by atoms with Gasteiger partial charge in [-0.2, -0.15) is 5.10 Å². The molecule has 0 amide bonds. The van der Waals surface area contributed by atoms with E-state index in [1.165, 1.54) is 0 Å². The van der Waals surface area contributed by atoms with Crippen LogP contribution < -0.4 is 5.73 Å². The highest BCUT2D eigenvalue weighted by Gasteiger charge is 2.20. The van der Waals surface area contributed by atoms with Crippen molar-refractivity contribution in [3.63, 3.8) is 0 Å². The minimum atomic E-state index is -0.344. The topological polar surface area (TPSA) is 53.1 Å². The fraction of sp³-hybridized carbons (Fsp3) is 0.750. The summed E-state index contributed by atoms with van der Waals surface area (Å²) >= 11 is 0. The molecule has 2 atom stereocenters. The van der Waals surface area contributed by atoms with Gasteiger partial charge in [0.05, 0.1) is 12.3 Å². The molecule has 2 N–H and O–H groups in total. The monoisotopic (exact) mass is 225 g/mol. The van der Waals surface area contributed by atoms with Crippen LogP contribution in [-0.4, -0.2) is 29.0 Å². The van der Waals surface area contributed by atoms with Crippen LogP contribution in [0, 0.1) is 0 Å². The first-order valence-corrected chi connectivity index (χ1v) is 5.80. The van der Waals surface area contributed by atoms with Gasteiger partial charge in [0.25, 0.3) is 0 Å². The first-order chi connectivity index (χ1) is 7.48. The minimum absolute atomic E-state index is 0.344. The van der Waals surface area contributed by atoms with E-state index >= 15 is 0 Å². The van der Waals surface area contributed by atoms with E-state index < -0.39 is 0 Å². The number of nitrogens with zero attached hydrogens (tertiary/aromatic N) is 2. The number of aromatic nitrogens is 2. The van der Waals surface area contributed by atoms with E-state index in [0.29, 0.717) is 12.6 Å². The van der Waals surface area contributed by atoms with Gasteiger partial charge in [-0.15, -0.1) is 0 Å². The van der Waals surface area contributed by atoms with E-state index in [2.05, 4.69) is 18.9 Å². The van der Waals surface area contributed by atoms with Crippen LogP contribution in [0.5, 0.6) is 0 Å². The molecule has 16 heavy (non-hydrogen) atoms. The van der Waals surface area contributed by atoms with Crippen LogP contribution in [0.4, 0.5) is 0 Å². The number of ether oxygens (including phenoxy) is 1. The van der Waals surface area contributed by atoms with Gasteiger partial charge >= 0.3 is 0 Å². The summed E-state index contributed by atoms with van der Waals surface area (Å²) in [6.45, 7) is 6.85. The van der Waals surface area contributed by atoms with Crippen LogP contribution in [0.15, 0.2) is 12.3 Å². The largest absolute Gasteiger partial charge is 0.383 e. The first kappa shape index (κ1) is 13.2. The van der Waals surface area contributed by atoms with Gasteiger partial charge in [-0.1, -0.05) is 6.92 Å². The van der Waals surface area contributed by atoms with E-state index in [0.717, 1.165) is 18.5 Å². The van der Waals surface area contributed by atoms with E-state index in [4.69, 9.17) is 10.5 Å². The summed E-state index contributed by atoms with van der Waals surface area (Å²) in [4.78, 5) is 0. The molecule has 1 rings (SSSR count). The van der Waals surface area contributed by atoms with Gasteiger partial charge < -0.3 is 10.5 Å². The van der Waals surface area contributed by atoms with Crippen molar-refractivity contribution in [2.24, 2.45) is 5.73 Å². The highest BCUT2D eigenvalue weighted by Crippen LogP contribution is 2.13. The van der Waals surface area contributed by atoms with Gasteiger partial charge in [0.2, 0.25) is 0 Å². The van der Waals surface area contributed by atoms with E-state index in [9.17, 15) is 0 Å². The lowest BCUT2D eigenvalue weighted by atomic mass is 9.99. The molecule has 4 nitrogen and oxygen atoms in total.